The van der Waals surface area contributed by atoms with E-state index in [-0.39, 0.29) is 24.5 Å². The number of carbonyl (C=O) groups excluding carboxylic acids is 1. The smallest absolute Gasteiger partial charge is 0.223 e. The molecule has 0 spiro atoms. The first kappa shape index (κ1) is 11.5. The minimum atomic E-state index is -0.119. The lowest BCUT2D eigenvalue weighted by atomic mass is 9.92. The third kappa shape index (κ3) is 2.98. The van der Waals surface area contributed by atoms with Crippen molar-refractivity contribution in [3.05, 3.63) is 0 Å². The zero-order chi connectivity index (χ0) is 10.6. The van der Waals surface area contributed by atoms with Gasteiger partial charge in [0.15, 0.2) is 0 Å². The van der Waals surface area contributed by atoms with Crippen LogP contribution >= 0.6 is 0 Å². The van der Waals surface area contributed by atoms with Crippen LogP contribution in [0.1, 0.15) is 39.5 Å². The molecule has 0 bridgehead atoms. The summed E-state index contributed by atoms with van der Waals surface area (Å²) in [5, 5.41) is 11.6. The minimum Gasteiger partial charge on any atom is -0.394 e. The maximum atomic E-state index is 11.7. The van der Waals surface area contributed by atoms with Crippen molar-refractivity contribution in [2.45, 2.75) is 45.6 Å². The lowest BCUT2D eigenvalue weighted by molar-refractivity contribution is -0.126. The van der Waals surface area contributed by atoms with Crippen molar-refractivity contribution in [1.29, 1.82) is 0 Å². The lowest BCUT2D eigenvalue weighted by Crippen LogP contribution is -2.40. The first-order valence-electron chi connectivity index (χ1n) is 5.56. The van der Waals surface area contributed by atoms with Crippen LogP contribution in [0.3, 0.4) is 0 Å². The summed E-state index contributed by atoms with van der Waals surface area (Å²) < 4.78 is 0. The molecule has 0 heterocycles. The topological polar surface area (TPSA) is 49.3 Å². The zero-order valence-corrected chi connectivity index (χ0v) is 9.12. The van der Waals surface area contributed by atoms with E-state index >= 15 is 0 Å². The molecule has 0 aliphatic heterocycles. The van der Waals surface area contributed by atoms with Gasteiger partial charge in [-0.1, -0.05) is 19.8 Å². The summed E-state index contributed by atoms with van der Waals surface area (Å²) in [7, 11) is 0. The summed E-state index contributed by atoms with van der Waals surface area (Å²) >= 11 is 0. The maximum Gasteiger partial charge on any atom is 0.223 e. The first-order valence-corrected chi connectivity index (χ1v) is 5.56. The molecule has 82 valence electrons. The van der Waals surface area contributed by atoms with Crippen LogP contribution < -0.4 is 5.32 Å². The molecule has 14 heavy (non-hydrogen) atoms. The summed E-state index contributed by atoms with van der Waals surface area (Å²) in [6.07, 6.45) is 4.89. The summed E-state index contributed by atoms with van der Waals surface area (Å²) in [4.78, 5) is 11.7. The number of rotatable bonds is 4. The van der Waals surface area contributed by atoms with Crippen molar-refractivity contribution in [2.24, 2.45) is 11.8 Å². The normalized spacial score (nSPS) is 21.9. The highest BCUT2D eigenvalue weighted by molar-refractivity contribution is 5.78. The molecule has 0 aromatic heterocycles. The van der Waals surface area contributed by atoms with Crippen LogP contribution in [0.4, 0.5) is 0 Å². The van der Waals surface area contributed by atoms with Gasteiger partial charge in [0, 0.05) is 12.0 Å². The lowest BCUT2D eigenvalue weighted by Gasteiger charge is -2.20. The van der Waals surface area contributed by atoms with Crippen molar-refractivity contribution in [3.63, 3.8) is 0 Å². The van der Waals surface area contributed by atoms with Crippen LogP contribution in [0.15, 0.2) is 0 Å². The summed E-state index contributed by atoms with van der Waals surface area (Å²) in [6.45, 7) is 3.83. The second-order valence-corrected chi connectivity index (χ2v) is 4.43. The monoisotopic (exact) mass is 199 g/mol. The van der Waals surface area contributed by atoms with Gasteiger partial charge in [-0.15, -0.1) is 0 Å². The number of carbonyl (C=O) groups is 1. The van der Waals surface area contributed by atoms with E-state index in [1.807, 2.05) is 13.8 Å². The van der Waals surface area contributed by atoms with E-state index in [1.54, 1.807) is 0 Å². The standard InChI is InChI=1S/C11H21NO2/c1-8(7-13)12-11(14)9(2)10-5-3-4-6-10/h8-10,13H,3-7H2,1-2H3,(H,12,14). The molecular weight excluding hydrogens is 178 g/mol. The Morgan fingerprint density at radius 1 is 1.43 bits per heavy atom. The van der Waals surface area contributed by atoms with E-state index in [2.05, 4.69) is 5.32 Å². The fourth-order valence-electron chi connectivity index (χ4n) is 2.09. The molecule has 1 saturated carbocycles. The molecule has 3 heteroatoms. The van der Waals surface area contributed by atoms with Gasteiger partial charge < -0.3 is 10.4 Å². The Hall–Kier alpha value is -0.570. The van der Waals surface area contributed by atoms with Crippen LogP contribution in [0, 0.1) is 11.8 Å². The van der Waals surface area contributed by atoms with Crippen molar-refractivity contribution in [1.82, 2.24) is 5.32 Å². The van der Waals surface area contributed by atoms with Gasteiger partial charge in [-0.05, 0) is 25.7 Å². The Bertz CT molecular complexity index is 188. The average Bonchev–Trinajstić information content (AvgIpc) is 2.69. The van der Waals surface area contributed by atoms with E-state index in [0.717, 1.165) is 0 Å². The summed E-state index contributed by atoms with van der Waals surface area (Å²) in [6, 6.07) is -0.119. The second kappa shape index (κ2) is 5.35. The SMILES string of the molecule is CC(CO)NC(=O)C(C)C1CCCC1. The van der Waals surface area contributed by atoms with Crippen molar-refractivity contribution in [2.75, 3.05) is 6.61 Å². The second-order valence-electron chi connectivity index (χ2n) is 4.43. The zero-order valence-electron chi connectivity index (χ0n) is 9.12. The molecule has 1 aliphatic rings. The Morgan fingerprint density at radius 3 is 2.50 bits per heavy atom. The Labute approximate surface area is 85.9 Å². The van der Waals surface area contributed by atoms with Crippen molar-refractivity contribution >= 4 is 5.91 Å². The Balaban J connectivity index is 2.35. The summed E-state index contributed by atoms with van der Waals surface area (Å²) in [5.41, 5.74) is 0. The Kier molecular flexibility index (Phi) is 4.39. The third-order valence-corrected chi connectivity index (χ3v) is 3.18. The van der Waals surface area contributed by atoms with Gasteiger partial charge in [-0.3, -0.25) is 4.79 Å². The number of nitrogens with one attached hydrogen (secondary N) is 1. The van der Waals surface area contributed by atoms with E-state index in [4.69, 9.17) is 5.11 Å². The molecule has 2 N–H and O–H groups in total. The Morgan fingerprint density at radius 2 is 2.00 bits per heavy atom. The van der Waals surface area contributed by atoms with Crippen molar-refractivity contribution in [3.8, 4) is 0 Å². The molecule has 0 radical (unpaired) electrons. The van der Waals surface area contributed by atoms with Gasteiger partial charge >= 0.3 is 0 Å². The fraction of sp³-hybridized carbons (Fsp3) is 0.909. The highest BCUT2D eigenvalue weighted by atomic mass is 16.3. The molecule has 1 amide bonds. The van der Waals surface area contributed by atoms with Gasteiger partial charge in [0.2, 0.25) is 5.91 Å². The van der Waals surface area contributed by atoms with Gasteiger partial charge in [0.25, 0.3) is 0 Å². The molecule has 3 nitrogen and oxygen atoms in total. The van der Waals surface area contributed by atoms with Gasteiger partial charge in [0.05, 0.1) is 6.61 Å². The summed E-state index contributed by atoms with van der Waals surface area (Å²) in [5.74, 6) is 0.755. The van der Waals surface area contributed by atoms with E-state index in [1.165, 1.54) is 25.7 Å². The number of amides is 1. The molecule has 0 saturated heterocycles. The number of hydrogen-bond acceptors (Lipinski definition) is 2. The van der Waals surface area contributed by atoms with Crippen LogP contribution in [0.2, 0.25) is 0 Å². The van der Waals surface area contributed by atoms with E-state index < -0.39 is 0 Å². The van der Waals surface area contributed by atoms with E-state index in [9.17, 15) is 4.79 Å². The van der Waals surface area contributed by atoms with Gasteiger partial charge in [-0.2, -0.15) is 0 Å². The molecule has 2 unspecified atom stereocenters. The predicted molar refractivity (Wildman–Crippen MR) is 55.8 cm³/mol. The molecule has 2 atom stereocenters. The highest BCUT2D eigenvalue weighted by Gasteiger charge is 2.27. The largest absolute Gasteiger partial charge is 0.394 e. The van der Waals surface area contributed by atoms with Crippen LogP contribution in [-0.4, -0.2) is 23.7 Å². The van der Waals surface area contributed by atoms with Gasteiger partial charge in [0.1, 0.15) is 0 Å². The molecule has 0 aromatic carbocycles. The number of aliphatic hydroxyl groups excluding tert-OH is 1. The highest BCUT2D eigenvalue weighted by Crippen LogP contribution is 2.31. The maximum absolute atomic E-state index is 11.7. The fourth-order valence-corrected chi connectivity index (χ4v) is 2.09. The average molecular weight is 199 g/mol. The van der Waals surface area contributed by atoms with Crippen LogP contribution in [-0.2, 0) is 4.79 Å². The third-order valence-electron chi connectivity index (χ3n) is 3.18. The van der Waals surface area contributed by atoms with Gasteiger partial charge in [-0.25, -0.2) is 0 Å². The van der Waals surface area contributed by atoms with E-state index in [0.29, 0.717) is 5.92 Å². The number of aliphatic hydroxyl groups is 1. The van der Waals surface area contributed by atoms with Crippen molar-refractivity contribution < 1.29 is 9.90 Å². The quantitative estimate of drug-likeness (QED) is 0.717. The predicted octanol–water partition coefficient (Wildman–Crippen LogP) is 1.31. The van der Waals surface area contributed by atoms with Crippen LogP contribution in [0.5, 0.6) is 0 Å². The molecular formula is C11H21NO2. The molecule has 1 aliphatic carbocycles. The molecule has 1 fully saturated rings. The molecule has 1 rings (SSSR count). The minimum absolute atomic E-state index is 0.0170. The number of hydrogen-bond donors (Lipinski definition) is 2. The van der Waals surface area contributed by atoms with Crippen LogP contribution in [0.25, 0.3) is 0 Å². The molecule has 0 aromatic rings. The first-order chi connectivity index (χ1) is 6.65.